The third-order valence-electron chi connectivity index (χ3n) is 2.29. The quantitative estimate of drug-likeness (QED) is 0.803. The van der Waals surface area contributed by atoms with Crippen LogP contribution in [0.5, 0.6) is 5.75 Å². The van der Waals surface area contributed by atoms with E-state index in [4.69, 9.17) is 4.74 Å². The molecule has 78 valence electrons. The number of aromatic amines is 1. The van der Waals surface area contributed by atoms with E-state index in [0.29, 0.717) is 0 Å². The molecule has 0 saturated carbocycles. The van der Waals surface area contributed by atoms with Crippen LogP contribution in [0.3, 0.4) is 0 Å². The van der Waals surface area contributed by atoms with E-state index in [2.05, 4.69) is 5.10 Å². The molecule has 0 amide bonds. The predicted molar refractivity (Wildman–Crippen MR) is 58.0 cm³/mol. The molecule has 0 spiro atoms. The molecule has 0 aliphatic rings. The first kappa shape index (κ1) is 9.58. The molecule has 0 fully saturated rings. The third kappa shape index (κ3) is 1.66. The van der Waals surface area contributed by atoms with Gasteiger partial charge in [-0.2, -0.15) is 0 Å². The summed E-state index contributed by atoms with van der Waals surface area (Å²) >= 11 is 0. The molecule has 1 aromatic heterocycles. The van der Waals surface area contributed by atoms with E-state index in [1.807, 2.05) is 24.3 Å². The van der Waals surface area contributed by atoms with Crippen molar-refractivity contribution < 1.29 is 4.74 Å². The van der Waals surface area contributed by atoms with Gasteiger partial charge >= 0.3 is 0 Å². The summed E-state index contributed by atoms with van der Waals surface area (Å²) in [6, 6.07) is 9.15. The third-order valence-corrected chi connectivity index (χ3v) is 2.29. The maximum absolute atomic E-state index is 11.2. The largest absolute Gasteiger partial charge is 0.496 e. The number of aromatic nitrogens is 2. The molecule has 15 heavy (non-hydrogen) atoms. The van der Waals surface area contributed by atoms with Gasteiger partial charge in [0.15, 0.2) is 0 Å². The Kier molecular flexibility index (Phi) is 2.33. The second-order valence-corrected chi connectivity index (χ2v) is 3.26. The molecule has 2 aromatic rings. The van der Waals surface area contributed by atoms with Crippen molar-refractivity contribution in [3.05, 3.63) is 40.7 Å². The molecule has 0 unspecified atom stereocenters. The zero-order chi connectivity index (χ0) is 10.8. The summed E-state index contributed by atoms with van der Waals surface area (Å²) in [4.78, 5) is 11.2. The molecule has 0 bridgehead atoms. The number of aryl methyl sites for hydroxylation is 1. The number of H-pyrrole nitrogens is 1. The number of nitrogens with one attached hydrogen (secondary N) is 1. The van der Waals surface area contributed by atoms with Crippen LogP contribution in [-0.4, -0.2) is 16.9 Å². The standard InChI is InChI=1S/C11H12N2O2/c1-13-9(7-11(14)12-13)8-5-3-4-6-10(8)15-2/h3-7H,1-2H3,(H,12,14). The van der Waals surface area contributed by atoms with Crippen LogP contribution < -0.4 is 10.3 Å². The molecule has 1 N–H and O–H groups in total. The summed E-state index contributed by atoms with van der Waals surface area (Å²) in [5.74, 6) is 0.757. The average molecular weight is 204 g/mol. The topological polar surface area (TPSA) is 47.0 Å². The first-order chi connectivity index (χ1) is 7.22. The van der Waals surface area contributed by atoms with E-state index in [-0.39, 0.29) is 5.56 Å². The molecule has 2 rings (SSSR count). The van der Waals surface area contributed by atoms with Crippen LogP contribution in [0.2, 0.25) is 0 Å². The molecule has 0 atom stereocenters. The van der Waals surface area contributed by atoms with Crippen molar-refractivity contribution in [1.82, 2.24) is 9.78 Å². The Morgan fingerprint density at radius 1 is 1.33 bits per heavy atom. The fourth-order valence-electron chi connectivity index (χ4n) is 1.59. The Hall–Kier alpha value is -1.97. The molecule has 1 heterocycles. The van der Waals surface area contributed by atoms with Gasteiger partial charge in [0.1, 0.15) is 5.75 Å². The van der Waals surface area contributed by atoms with Crippen LogP contribution in [0.25, 0.3) is 11.3 Å². The Morgan fingerprint density at radius 2 is 2.07 bits per heavy atom. The summed E-state index contributed by atoms with van der Waals surface area (Å²) < 4.78 is 6.92. The molecule has 4 nitrogen and oxygen atoms in total. The summed E-state index contributed by atoms with van der Waals surface area (Å²) in [5, 5.41) is 2.66. The lowest BCUT2D eigenvalue weighted by Crippen LogP contribution is -2.01. The van der Waals surface area contributed by atoms with Gasteiger partial charge in [-0.05, 0) is 12.1 Å². The maximum Gasteiger partial charge on any atom is 0.264 e. The Balaban J connectivity index is 2.63. The van der Waals surface area contributed by atoms with Crippen molar-refractivity contribution in [3.63, 3.8) is 0 Å². The Bertz CT molecular complexity index is 525. The number of rotatable bonds is 2. The Labute approximate surface area is 87.1 Å². The smallest absolute Gasteiger partial charge is 0.264 e. The van der Waals surface area contributed by atoms with Gasteiger partial charge in [-0.15, -0.1) is 0 Å². The fraction of sp³-hybridized carbons (Fsp3) is 0.182. The lowest BCUT2D eigenvalue weighted by molar-refractivity contribution is 0.416. The van der Waals surface area contributed by atoms with Gasteiger partial charge in [0.25, 0.3) is 5.56 Å². The molecule has 0 aliphatic carbocycles. The van der Waals surface area contributed by atoms with Gasteiger partial charge in [0.2, 0.25) is 0 Å². The second-order valence-electron chi connectivity index (χ2n) is 3.26. The number of methoxy groups -OCH3 is 1. The predicted octanol–water partition coefficient (Wildman–Crippen LogP) is 1.39. The van der Waals surface area contributed by atoms with Gasteiger partial charge < -0.3 is 4.74 Å². The van der Waals surface area contributed by atoms with E-state index in [9.17, 15) is 4.79 Å². The zero-order valence-corrected chi connectivity index (χ0v) is 8.65. The summed E-state index contributed by atoms with van der Waals surface area (Å²) in [6.45, 7) is 0. The minimum absolute atomic E-state index is 0.113. The van der Waals surface area contributed by atoms with Crippen molar-refractivity contribution in [2.24, 2.45) is 7.05 Å². The maximum atomic E-state index is 11.2. The average Bonchev–Trinajstić information content (AvgIpc) is 2.57. The van der Waals surface area contributed by atoms with Crippen LogP contribution in [-0.2, 0) is 7.05 Å². The van der Waals surface area contributed by atoms with Gasteiger partial charge in [-0.1, -0.05) is 12.1 Å². The van der Waals surface area contributed by atoms with Gasteiger partial charge in [0.05, 0.1) is 12.8 Å². The van der Waals surface area contributed by atoms with Crippen LogP contribution in [0.1, 0.15) is 0 Å². The Morgan fingerprint density at radius 3 is 2.67 bits per heavy atom. The van der Waals surface area contributed by atoms with Crippen molar-refractivity contribution in [2.45, 2.75) is 0 Å². The molecule has 1 aromatic carbocycles. The highest BCUT2D eigenvalue weighted by Crippen LogP contribution is 2.27. The van der Waals surface area contributed by atoms with Crippen molar-refractivity contribution in [2.75, 3.05) is 7.11 Å². The van der Waals surface area contributed by atoms with E-state index >= 15 is 0 Å². The highest BCUT2D eigenvalue weighted by molar-refractivity contribution is 5.67. The molecule has 0 radical (unpaired) electrons. The lowest BCUT2D eigenvalue weighted by atomic mass is 10.1. The number of hydrogen-bond acceptors (Lipinski definition) is 2. The van der Waals surface area contributed by atoms with Crippen molar-refractivity contribution in [3.8, 4) is 17.0 Å². The number of hydrogen-bond donors (Lipinski definition) is 1. The highest BCUT2D eigenvalue weighted by atomic mass is 16.5. The summed E-state index contributed by atoms with van der Waals surface area (Å²) in [7, 11) is 3.41. The highest BCUT2D eigenvalue weighted by Gasteiger charge is 2.08. The van der Waals surface area contributed by atoms with E-state index in [1.165, 1.54) is 0 Å². The SMILES string of the molecule is COc1ccccc1-c1cc(=O)[nH]n1C. The van der Waals surface area contributed by atoms with Crippen LogP contribution in [0.4, 0.5) is 0 Å². The molecular weight excluding hydrogens is 192 g/mol. The van der Waals surface area contributed by atoms with Gasteiger partial charge in [-0.25, -0.2) is 0 Å². The first-order valence-corrected chi connectivity index (χ1v) is 4.62. The van der Waals surface area contributed by atoms with E-state index in [1.54, 1.807) is 24.9 Å². The lowest BCUT2D eigenvalue weighted by Gasteiger charge is -2.07. The minimum atomic E-state index is -0.113. The van der Waals surface area contributed by atoms with Crippen molar-refractivity contribution >= 4 is 0 Å². The number of nitrogens with zero attached hydrogens (tertiary/aromatic N) is 1. The zero-order valence-electron chi connectivity index (χ0n) is 8.65. The van der Waals surface area contributed by atoms with Crippen LogP contribution >= 0.6 is 0 Å². The number of benzene rings is 1. The number of ether oxygens (including phenoxy) is 1. The molecule has 0 aliphatic heterocycles. The second kappa shape index (κ2) is 3.65. The van der Waals surface area contributed by atoms with Gasteiger partial charge in [0, 0.05) is 18.7 Å². The molecule has 4 heteroatoms. The number of para-hydroxylation sites is 1. The normalized spacial score (nSPS) is 10.3. The van der Waals surface area contributed by atoms with Gasteiger partial charge in [-0.3, -0.25) is 14.6 Å². The first-order valence-electron chi connectivity index (χ1n) is 4.62. The molecular formula is C11H12N2O2. The summed E-state index contributed by atoms with van der Waals surface area (Å²) in [5.41, 5.74) is 1.61. The van der Waals surface area contributed by atoms with E-state index < -0.39 is 0 Å². The minimum Gasteiger partial charge on any atom is -0.496 e. The van der Waals surface area contributed by atoms with Crippen LogP contribution in [0.15, 0.2) is 35.1 Å². The monoisotopic (exact) mass is 204 g/mol. The fourth-order valence-corrected chi connectivity index (χ4v) is 1.59. The summed E-state index contributed by atoms with van der Waals surface area (Å²) in [6.07, 6.45) is 0. The molecule has 0 saturated heterocycles. The van der Waals surface area contributed by atoms with Crippen LogP contribution in [0, 0.1) is 0 Å². The van der Waals surface area contributed by atoms with Crippen molar-refractivity contribution in [1.29, 1.82) is 0 Å². The van der Waals surface area contributed by atoms with E-state index in [0.717, 1.165) is 17.0 Å².